The first kappa shape index (κ1) is 33.3. The topological polar surface area (TPSA) is 125 Å². The molecule has 3 aliphatic rings. The minimum Gasteiger partial charge on any atom is -0.422 e. The van der Waals surface area contributed by atoms with Crippen LogP contribution in [-0.2, 0) is 19.3 Å². The fourth-order valence-corrected chi connectivity index (χ4v) is 7.87. The first-order valence-electron chi connectivity index (χ1n) is 16.8. The number of benzene rings is 5. The highest BCUT2D eigenvalue weighted by Gasteiger charge is 2.29. The van der Waals surface area contributed by atoms with Gasteiger partial charge in [0.15, 0.2) is 0 Å². The van der Waals surface area contributed by atoms with E-state index in [0.29, 0.717) is 34.0 Å². The summed E-state index contributed by atoms with van der Waals surface area (Å²) >= 11 is 0. The van der Waals surface area contributed by atoms with Crippen molar-refractivity contribution < 1.29 is 27.5 Å². The zero-order chi connectivity index (χ0) is 36.5. The maximum Gasteiger partial charge on any atom is 0.343 e. The first-order valence-corrected chi connectivity index (χ1v) is 18.3. The van der Waals surface area contributed by atoms with Gasteiger partial charge in [0.25, 0.3) is 0 Å². The number of carbonyl (C=O) groups is 2. The zero-order valence-electron chi connectivity index (χ0n) is 28.1. The molecule has 0 aliphatic heterocycles. The quantitative estimate of drug-likeness (QED) is 0.167. The van der Waals surface area contributed by atoms with Crippen molar-refractivity contribution in [3.05, 3.63) is 207 Å². The SMILES string of the molecule is NC1=C(S(=O)(=O)c2ccc(N=C3C=C(OC(=O)c4ccccc4)c4ccccc43)cc2)C=CC(=C2C=C(OC(=O)c3ccccc3)c3ccccc32)C1. The number of sulfone groups is 1. The summed E-state index contributed by atoms with van der Waals surface area (Å²) in [7, 11) is -3.97. The number of esters is 2. The van der Waals surface area contributed by atoms with Crippen molar-refractivity contribution in [3.8, 4) is 0 Å². The maximum absolute atomic E-state index is 13.8. The number of rotatable bonds is 7. The predicted octanol–water partition coefficient (Wildman–Crippen LogP) is 8.59. The van der Waals surface area contributed by atoms with Gasteiger partial charge in [0.2, 0.25) is 9.84 Å². The largest absolute Gasteiger partial charge is 0.422 e. The van der Waals surface area contributed by atoms with Crippen LogP contribution in [0.2, 0.25) is 0 Å². The van der Waals surface area contributed by atoms with Crippen LogP contribution in [-0.4, -0.2) is 26.1 Å². The summed E-state index contributed by atoms with van der Waals surface area (Å²) in [5, 5.41) is 0. The van der Waals surface area contributed by atoms with Crippen LogP contribution in [0, 0.1) is 0 Å². The molecule has 0 fully saturated rings. The molecule has 0 amide bonds. The summed E-state index contributed by atoms with van der Waals surface area (Å²) < 4.78 is 39.2. The smallest absolute Gasteiger partial charge is 0.343 e. The molecular weight excluding hydrogens is 685 g/mol. The lowest BCUT2D eigenvalue weighted by Gasteiger charge is -2.17. The Labute approximate surface area is 306 Å². The van der Waals surface area contributed by atoms with Gasteiger partial charge in [-0.3, -0.25) is 0 Å². The Bertz CT molecular complexity index is 2620. The van der Waals surface area contributed by atoms with Crippen LogP contribution in [0.4, 0.5) is 5.69 Å². The van der Waals surface area contributed by atoms with Gasteiger partial charge in [0.05, 0.1) is 32.3 Å². The third kappa shape index (κ3) is 6.45. The van der Waals surface area contributed by atoms with E-state index < -0.39 is 21.8 Å². The summed E-state index contributed by atoms with van der Waals surface area (Å²) in [6.45, 7) is 0. The van der Waals surface area contributed by atoms with Crippen LogP contribution in [0.5, 0.6) is 0 Å². The number of nitrogens with two attached hydrogens (primary N) is 1. The third-order valence-electron chi connectivity index (χ3n) is 9.08. The Balaban J connectivity index is 1.03. The van der Waals surface area contributed by atoms with Crippen molar-refractivity contribution >= 4 is 50.3 Å². The van der Waals surface area contributed by atoms with Gasteiger partial charge in [-0.25, -0.2) is 23.0 Å². The van der Waals surface area contributed by atoms with Crippen LogP contribution < -0.4 is 5.73 Å². The molecule has 0 atom stereocenters. The van der Waals surface area contributed by atoms with Crippen molar-refractivity contribution in [3.63, 3.8) is 0 Å². The number of ether oxygens (including phenoxy) is 2. The molecule has 258 valence electrons. The fourth-order valence-electron chi connectivity index (χ4n) is 6.46. The van der Waals surface area contributed by atoms with E-state index >= 15 is 0 Å². The summed E-state index contributed by atoms with van der Waals surface area (Å²) in [6, 6.07) is 38.8. The highest BCUT2D eigenvalue weighted by Crippen LogP contribution is 2.41. The highest BCUT2D eigenvalue weighted by atomic mass is 32.2. The molecule has 0 aromatic heterocycles. The molecule has 0 radical (unpaired) electrons. The molecule has 8 nitrogen and oxygen atoms in total. The van der Waals surface area contributed by atoms with E-state index in [1.54, 1.807) is 78.9 Å². The first-order chi connectivity index (χ1) is 25.8. The van der Waals surface area contributed by atoms with Crippen LogP contribution in [0.15, 0.2) is 184 Å². The predicted molar refractivity (Wildman–Crippen MR) is 204 cm³/mol. The molecule has 5 aromatic rings. The molecule has 8 rings (SSSR count). The molecule has 53 heavy (non-hydrogen) atoms. The molecule has 0 heterocycles. The number of aliphatic imine (C=N–C) groups is 1. The molecule has 0 saturated carbocycles. The van der Waals surface area contributed by atoms with Gasteiger partial charge in [-0.2, -0.15) is 0 Å². The highest BCUT2D eigenvalue weighted by molar-refractivity contribution is 7.95. The van der Waals surface area contributed by atoms with Gasteiger partial charge < -0.3 is 15.2 Å². The van der Waals surface area contributed by atoms with E-state index in [4.69, 9.17) is 20.2 Å². The second-order valence-corrected chi connectivity index (χ2v) is 14.4. The van der Waals surface area contributed by atoms with Crippen LogP contribution in [0.25, 0.3) is 17.1 Å². The molecular formula is C44H30N2O6S. The minimum atomic E-state index is -3.97. The minimum absolute atomic E-state index is 0.0180. The van der Waals surface area contributed by atoms with Gasteiger partial charge in [0.1, 0.15) is 11.5 Å². The van der Waals surface area contributed by atoms with Gasteiger partial charge in [-0.05, 0) is 77.4 Å². The van der Waals surface area contributed by atoms with Crippen molar-refractivity contribution in [2.45, 2.75) is 11.3 Å². The van der Waals surface area contributed by atoms with Crippen molar-refractivity contribution in [2.24, 2.45) is 10.7 Å². The average molecular weight is 715 g/mol. The molecule has 0 saturated heterocycles. The van der Waals surface area contributed by atoms with Gasteiger partial charge in [-0.15, -0.1) is 0 Å². The Morgan fingerprint density at radius 2 is 1.09 bits per heavy atom. The van der Waals surface area contributed by atoms with Gasteiger partial charge in [0, 0.05) is 34.9 Å². The third-order valence-corrected chi connectivity index (χ3v) is 11.0. The number of hydrogen-bond acceptors (Lipinski definition) is 8. The molecule has 5 aromatic carbocycles. The molecule has 9 heteroatoms. The van der Waals surface area contributed by atoms with Crippen LogP contribution >= 0.6 is 0 Å². The lowest BCUT2D eigenvalue weighted by molar-refractivity contribution is 0.0683. The summed E-state index contributed by atoms with van der Waals surface area (Å²) in [6.07, 6.45) is 6.95. The molecule has 3 aliphatic carbocycles. The number of fused-ring (bicyclic) bond motifs is 2. The second-order valence-electron chi connectivity index (χ2n) is 12.5. The van der Waals surface area contributed by atoms with E-state index in [9.17, 15) is 18.0 Å². The molecule has 0 spiro atoms. The normalized spacial score (nSPS) is 16.9. The van der Waals surface area contributed by atoms with Crippen molar-refractivity contribution in [1.29, 1.82) is 0 Å². The van der Waals surface area contributed by atoms with Crippen LogP contribution in [0.1, 0.15) is 49.4 Å². The zero-order valence-corrected chi connectivity index (χ0v) is 28.9. The number of allylic oxidation sites excluding steroid dienone is 6. The van der Waals surface area contributed by atoms with E-state index in [2.05, 4.69) is 0 Å². The Morgan fingerprint density at radius 3 is 1.68 bits per heavy atom. The lowest BCUT2D eigenvalue weighted by atomic mass is 9.95. The number of nitrogens with zero attached hydrogens (tertiary/aromatic N) is 1. The van der Waals surface area contributed by atoms with E-state index in [0.717, 1.165) is 33.4 Å². The van der Waals surface area contributed by atoms with E-state index in [1.807, 2.05) is 60.7 Å². The van der Waals surface area contributed by atoms with E-state index in [-0.39, 0.29) is 21.9 Å². The van der Waals surface area contributed by atoms with E-state index in [1.165, 1.54) is 18.2 Å². The Kier molecular flexibility index (Phi) is 8.61. The number of carbonyl (C=O) groups excluding carboxylic acids is 2. The Hall–Kier alpha value is -6.84. The standard InChI is InChI=1S/C44H30N2O6S/c45-38-25-30(37-26-40(35-17-9-7-15-33(35)37)51-43(47)28-11-3-1-4-12-28)19-24-42(38)53(49,50)32-22-20-31(21-23-32)46-39-27-41(36-18-10-8-16-34(36)39)52-44(48)29-13-5-2-6-14-29/h1-24,26-27H,25,45H2. The van der Waals surface area contributed by atoms with Gasteiger partial charge >= 0.3 is 11.9 Å². The molecule has 2 N–H and O–H groups in total. The average Bonchev–Trinajstić information content (AvgIpc) is 3.73. The van der Waals surface area contributed by atoms with Gasteiger partial charge in [-0.1, -0.05) is 91.0 Å². The summed E-state index contributed by atoms with van der Waals surface area (Å²) in [5.41, 5.74) is 13.4. The van der Waals surface area contributed by atoms with Crippen molar-refractivity contribution in [1.82, 2.24) is 0 Å². The van der Waals surface area contributed by atoms with Crippen LogP contribution in [0.3, 0.4) is 0 Å². The maximum atomic E-state index is 13.8. The Morgan fingerprint density at radius 1 is 0.585 bits per heavy atom. The summed E-state index contributed by atoms with van der Waals surface area (Å²) in [4.78, 5) is 30.5. The molecule has 0 unspecified atom stereocenters. The summed E-state index contributed by atoms with van der Waals surface area (Å²) in [5.74, 6) is -0.152. The fraction of sp³-hybridized carbons (Fsp3) is 0.0227. The second kappa shape index (κ2) is 13.7. The monoisotopic (exact) mass is 714 g/mol. The lowest BCUT2D eigenvalue weighted by Crippen LogP contribution is -2.14. The van der Waals surface area contributed by atoms with Crippen molar-refractivity contribution in [2.75, 3.05) is 0 Å². The number of hydrogen-bond donors (Lipinski definition) is 1. The molecule has 0 bridgehead atoms.